The van der Waals surface area contributed by atoms with E-state index in [1.54, 1.807) is 0 Å². The maximum atomic E-state index is 3.56. The van der Waals surface area contributed by atoms with E-state index < -0.39 is 0 Å². The molecular formula is C17H28N2. The van der Waals surface area contributed by atoms with Crippen molar-refractivity contribution < 1.29 is 0 Å². The highest BCUT2D eigenvalue weighted by Crippen LogP contribution is 2.31. The van der Waals surface area contributed by atoms with E-state index in [0.717, 1.165) is 12.5 Å². The number of hydrogen-bond acceptors (Lipinski definition) is 2. The molecular weight excluding hydrogens is 232 g/mol. The second-order valence-electron chi connectivity index (χ2n) is 6.02. The lowest BCUT2D eigenvalue weighted by Crippen LogP contribution is -2.27. The van der Waals surface area contributed by atoms with Gasteiger partial charge in [0.25, 0.3) is 0 Å². The minimum atomic E-state index is 0.605. The van der Waals surface area contributed by atoms with Gasteiger partial charge in [-0.2, -0.15) is 0 Å². The molecule has 1 fully saturated rings. The molecule has 2 rings (SSSR count). The van der Waals surface area contributed by atoms with Crippen LogP contribution in [-0.2, 0) is 0 Å². The van der Waals surface area contributed by atoms with Gasteiger partial charge in [0, 0.05) is 18.8 Å². The fourth-order valence-corrected chi connectivity index (χ4v) is 2.96. The van der Waals surface area contributed by atoms with E-state index in [2.05, 4.69) is 55.3 Å². The Bertz CT molecular complexity index is 387. The molecule has 1 atom stereocenters. The van der Waals surface area contributed by atoms with Gasteiger partial charge >= 0.3 is 0 Å². The van der Waals surface area contributed by atoms with Gasteiger partial charge in [-0.3, -0.25) is 0 Å². The molecule has 0 bridgehead atoms. The number of nitrogens with one attached hydrogen (secondary N) is 1. The second-order valence-corrected chi connectivity index (χ2v) is 6.02. The lowest BCUT2D eigenvalue weighted by atomic mass is 10.0. The number of rotatable bonds is 6. The smallest absolute Gasteiger partial charge is 0.0401 e. The Kier molecular flexibility index (Phi) is 5.26. The Hall–Kier alpha value is -1.02. The Morgan fingerprint density at radius 2 is 2.11 bits per heavy atom. The maximum Gasteiger partial charge on any atom is 0.0401 e. The summed E-state index contributed by atoms with van der Waals surface area (Å²) in [7, 11) is 0. The third kappa shape index (κ3) is 3.73. The number of nitrogens with zero attached hydrogens (tertiary/aromatic N) is 1. The van der Waals surface area contributed by atoms with Crippen LogP contribution in [0.25, 0.3) is 0 Å². The first-order chi connectivity index (χ1) is 9.22. The average molecular weight is 260 g/mol. The zero-order valence-corrected chi connectivity index (χ0v) is 12.7. The fourth-order valence-electron chi connectivity index (χ4n) is 2.96. The van der Waals surface area contributed by atoms with Gasteiger partial charge in [0.1, 0.15) is 0 Å². The van der Waals surface area contributed by atoms with Crippen LogP contribution in [0.5, 0.6) is 0 Å². The van der Waals surface area contributed by atoms with Gasteiger partial charge in [0.05, 0.1) is 0 Å². The topological polar surface area (TPSA) is 15.3 Å². The molecule has 2 nitrogen and oxygen atoms in total. The predicted octanol–water partition coefficient (Wildman–Crippen LogP) is 3.64. The molecule has 1 N–H and O–H groups in total. The van der Waals surface area contributed by atoms with E-state index in [1.807, 2.05) is 0 Å². The summed E-state index contributed by atoms with van der Waals surface area (Å²) in [5.74, 6) is 1.42. The van der Waals surface area contributed by atoms with E-state index in [9.17, 15) is 0 Å². The molecule has 1 aromatic carbocycles. The van der Waals surface area contributed by atoms with E-state index in [0.29, 0.717) is 5.92 Å². The van der Waals surface area contributed by atoms with Crippen LogP contribution in [0.1, 0.15) is 45.1 Å². The van der Waals surface area contributed by atoms with Gasteiger partial charge in [-0.25, -0.2) is 0 Å². The summed E-state index contributed by atoms with van der Waals surface area (Å²) in [6.07, 6.45) is 2.55. The van der Waals surface area contributed by atoms with Gasteiger partial charge < -0.3 is 10.2 Å². The molecule has 0 saturated carbocycles. The first-order valence-electron chi connectivity index (χ1n) is 7.77. The molecule has 0 radical (unpaired) electrons. The van der Waals surface area contributed by atoms with Gasteiger partial charge in [0.2, 0.25) is 0 Å². The molecule has 0 aliphatic carbocycles. The second kappa shape index (κ2) is 6.95. The number of para-hydroxylation sites is 1. The van der Waals surface area contributed by atoms with Crippen LogP contribution in [0.15, 0.2) is 24.3 Å². The number of anilines is 1. The Morgan fingerprint density at radius 1 is 1.32 bits per heavy atom. The summed E-state index contributed by atoms with van der Waals surface area (Å²) in [5, 5.41) is 3.56. The normalized spacial score (nSPS) is 19.4. The quantitative estimate of drug-likeness (QED) is 0.786. The highest BCUT2D eigenvalue weighted by atomic mass is 15.2. The first kappa shape index (κ1) is 14.4. The van der Waals surface area contributed by atoms with Crippen LogP contribution in [-0.4, -0.2) is 26.2 Å². The predicted molar refractivity (Wildman–Crippen MR) is 84.0 cm³/mol. The van der Waals surface area contributed by atoms with Crippen molar-refractivity contribution in [3.63, 3.8) is 0 Å². The summed E-state index contributed by atoms with van der Waals surface area (Å²) in [6, 6.07) is 8.90. The molecule has 1 aliphatic heterocycles. The van der Waals surface area contributed by atoms with Crippen molar-refractivity contribution in [1.82, 2.24) is 5.32 Å². The van der Waals surface area contributed by atoms with Crippen molar-refractivity contribution in [2.75, 3.05) is 31.1 Å². The Labute approximate surface area is 118 Å². The molecule has 19 heavy (non-hydrogen) atoms. The summed E-state index contributed by atoms with van der Waals surface area (Å²) in [5.41, 5.74) is 2.94. The molecule has 1 saturated heterocycles. The zero-order chi connectivity index (χ0) is 13.7. The van der Waals surface area contributed by atoms with Gasteiger partial charge in [-0.15, -0.1) is 0 Å². The molecule has 1 aliphatic rings. The van der Waals surface area contributed by atoms with E-state index in [-0.39, 0.29) is 0 Å². The summed E-state index contributed by atoms with van der Waals surface area (Å²) >= 11 is 0. The molecule has 1 unspecified atom stereocenters. The van der Waals surface area contributed by atoms with Crippen LogP contribution in [0.3, 0.4) is 0 Å². The molecule has 0 spiro atoms. The van der Waals surface area contributed by atoms with Crippen LogP contribution in [0, 0.1) is 5.92 Å². The highest BCUT2D eigenvalue weighted by Gasteiger charge is 2.24. The third-order valence-electron chi connectivity index (χ3n) is 4.05. The molecule has 0 amide bonds. The molecule has 1 heterocycles. The lowest BCUT2D eigenvalue weighted by Gasteiger charge is -2.23. The molecule has 0 aromatic heterocycles. The van der Waals surface area contributed by atoms with Gasteiger partial charge in [-0.05, 0) is 49.4 Å². The summed E-state index contributed by atoms with van der Waals surface area (Å²) < 4.78 is 0. The third-order valence-corrected chi connectivity index (χ3v) is 4.05. The minimum Gasteiger partial charge on any atom is -0.371 e. The first-order valence-corrected chi connectivity index (χ1v) is 7.77. The average Bonchev–Trinajstić information content (AvgIpc) is 2.88. The fraction of sp³-hybridized carbons (Fsp3) is 0.647. The van der Waals surface area contributed by atoms with E-state index in [4.69, 9.17) is 0 Å². The standard InChI is InChI=1S/C17H28N2/c1-4-10-18-12-15-9-11-19(13-15)17-8-6-5-7-16(17)14(2)3/h5-8,14-15,18H,4,9-13H2,1-3H3. The van der Waals surface area contributed by atoms with Crippen molar-refractivity contribution in [3.8, 4) is 0 Å². The van der Waals surface area contributed by atoms with Crippen LogP contribution in [0.4, 0.5) is 5.69 Å². The summed E-state index contributed by atoms with van der Waals surface area (Å²) in [6.45, 7) is 11.5. The monoisotopic (exact) mass is 260 g/mol. The molecule has 1 aromatic rings. The van der Waals surface area contributed by atoms with Crippen molar-refractivity contribution >= 4 is 5.69 Å². The van der Waals surface area contributed by atoms with E-state index >= 15 is 0 Å². The van der Waals surface area contributed by atoms with Crippen molar-refractivity contribution in [1.29, 1.82) is 0 Å². The summed E-state index contributed by atoms with van der Waals surface area (Å²) in [4.78, 5) is 2.58. The van der Waals surface area contributed by atoms with Crippen molar-refractivity contribution in [2.45, 2.75) is 39.5 Å². The number of hydrogen-bond donors (Lipinski definition) is 1. The van der Waals surface area contributed by atoms with Gasteiger partial charge in [-0.1, -0.05) is 39.0 Å². The highest BCUT2D eigenvalue weighted by molar-refractivity contribution is 5.55. The minimum absolute atomic E-state index is 0.605. The van der Waals surface area contributed by atoms with Crippen LogP contribution >= 0.6 is 0 Å². The van der Waals surface area contributed by atoms with Crippen LogP contribution < -0.4 is 10.2 Å². The van der Waals surface area contributed by atoms with Crippen LogP contribution in [0.2, 0.25) is 0 Å². The SMILES string of the molecule is CCCNCC1CCN(c2ccccc2C(C)C)C1. The Balaban J connectivity index is 1.97. The largest absolute Gasteiger partial charge is 0.371 e. The van der Waals surface area contributed by atoms with Gasteiger partial charge in [0.15, 0.2) is 0 Å². The molecule has 2 heteroatoms. The zero-order valence-electron chi connectivity index (χ0n) is 12.7. The Morgan fingerprint density at radius 3 is 2.84 bits per heavy atom. The van der Waals surface area contributed by atoms with Crippen molar-refractivity contribution in [3.05, 3.63) is 29.8 Å². The lowest BCUT2D eigenvalue weighted by molar-refractivity contribution is 0.516. The van der Waals surface area contributed by atoms with E-state index in [1.165, 1.54) is 43.7 Å². The molecule has 106 valence electrons. The maximum absolute atomic E-state index is 3.56. The number of benzene rings is 1. The van der Waals surface area contributed by atoms with Crippen molar-refractivity contribution in [2.24, 2.45) is 5.92 Å².